The molecule has 1 aromatic carbocycles. The molecule has 0 radical (unpaired) electrons. The van der Waals surface area contributed by atoms with E-state index in [1.54, 1.807) is 6.07 Å². The number of halogens is 1. The Morgan fingerprint density at radius 3 is 3.00 bits per heavy atom. The van der Waals surface area contributed by atoms with Crippen LogP contribution in [0.3, 0.4) is 0 Å². The summed E-state index contributed by atoms with van der Waals surface area (Å²) in [5, 5.41) is 5.53. The molecule has 5 heteroatoms. The van der Waals surface area contributed by atoms with E-state index in [1.807, 2.05) is 19.1 Å². The Bertz CT molecular complexity index is 488. The molecule has 1 aliphatic heterocycles. The van der Waals surface area contributed by atoms with Gasteiger partial charge in [-0.25, -0.2) is 0 Å². The van der Waals surface area contributed by atoms with Gasteiger partial charge in [-0.3, -0.25) is 9.59 Å². The van der Waals surface area contributed by atoms with Crippen molar-refractivity contribution in [1.29, 1.82) is 0 Å². The lowest BCUT2D eigenvalue weighted by Gasteiger charge is -2.23. The van der Waals surface area contributed by atoms with E-state index in [4.69, 9.17) is 0 Å². The summed E-state index contributed by atoms with van der Waals surface area (Å²) < 4.78 is 0.892. The zero-order valence-electron chi connectivity index (χ0n) is 10.1. The van der Waals surface area contributed by atoms with Gasteiger partial charge in [0.1, 0.15) is 6.04 Å². The summed E-state index contributed by atoms with van der Waals surface area (Å²) in [4.78, 5) is 23.7. The van der Waals surface area contributed by atoms with E-state index >= 15 is 0 Å². The topological polar surface area (TPSA) is 58.2 Å². The lowest BCUT2D eigenvalue weighted by molar-refractivity contribution is -0.124. The molecule has 1 fully saturated rings. The molecule has 2 amide bonds. The average molecular weight is 311 g/mol. The van der Waals surface area contributed by atoms with Gasteiger partial charge in [0, 0.05) is 16.6 Å². The number of hydrogen-bond acceptors (Lipinski definition) is 2. The Labute approximate surface area is 114 Å². The third kappa shape index (κ3) is 2.72. The van der Waals surface area contributed by atoms with Crippen LogP contribution in [0, 0.1) is 6.92 Å². The van der Waals surface area contributed by atoms with E-state index < -0.39 is 6.04 Å². The van der Waals surface area contributed by atoms with Crippen molar-refractivity contribution < 1.29 is 9.59 Å². The Hall–Kier alpha value is -1.36. The van der Waals surface area contributed by atoms with Crippen LogP contribution in [-0.4, -0.2) is 24.4 Å². The van der Waals surface area contributed by atoms with E-state index in [1.165, 1.54) is 0 Å². The van der Waals surface area contributed by atoms with Crippen molar-refractivity contribution in [2.45, 2.75) is 25.8 Å². The van der Waals surface area contributed by atoms with Gasteiger partial charge < -0.3 is 10.6 Å². The molecule has 1 unspecified atom stereocenters. The minimum atomic E-state index is -0.412. The van der Waals surface area contributed by atoms with Gasteiger partial charge in [-0.1, -0.05) is 22.0 Å². The smallest absolute Gasteiger partial charge is 0.252 e. The molecule has 1 saturated heterocycles. The molecule has 0 spiro atoms. The molecule has 1 heterocycles. The van der Waals surface area contributed by atoms with E-state index in [0.29, 0.717) is 18.5 Å². The Kier molecular flexibility index (Phi) is 4.01. The first kappa shape index (κ1) is 13.1. The summed E-state index contributed by atoms with van der Waals surface area (Å²) in [6.07, 6.45) is 1.60. The normalized spacial score (nSPS) is 19.2. The monoisotopic (exact) mass is 310 g/mol. The molecule has 4 nitrogen and oxygen atoms in total. The first-order chi connectivity index (χ1) is 8.59. The SMILES string of the molecule is Cc1c(Br)cccc1C(=O)NC1CCCNC1=O. The maximum Gasteiger partial charge on any atom is 0.252 e. The van der Waals surface area contributed by atoms with Gasteiger partial charge in [0.2, 0.25) is 5.91 Å². The highest BCUT2D eigenvalue weighted by atomic mass is 79.9. The fourth-order valence-corrected chi connectivity index (χ4v) is 2.37. The van der Waals surface area contributed by atoms with Crippen LogP contribution in [0.1, 0.15) is 28.8 Å². The van der Waals surface area contributed by atoms with Crippen LogP contribution in [0.4, 0.5) is 0 Å². The molecule has 96 valence electrons. The molecule has 2 N–H and O–H groups in total. The zero-order valence-corrected chi connectivity index (χ0v) is 11.7. The molecule has 0 aromatic heterocycles. The van der Waals surface area contributed by atoms with Gasteiger partial charge >= 0.3 is 0 Å². The van der Waals surface area contributed by atoms with Crippen LogP contribution < -0.4 is 10.6 Å². The fourth-order valence-electron chi connectivity index (χ4n) is 2.00. The Morgan fingerprint density at radius 1 is 1.50 bits per heavy atom. The van der Waals surface area contributed by atoms with Crippen LogP contribution in [0.2, 0.25) is 0 Å². The summed E-state index contributed by atoms with van der Waals surface area (Å²) >= 11 is 3.39. The summed E-state index contributed by atoms with van der Waals surface area (Å²) in [5.41, 5.74) is 1.48. The predicted octanol–water partition coefficient (Wildman–Crippen LogP) is 1.77. The van der Waals surface area contributed by atoms with Crippen LogP contribution in [-0.2, 0) is 4.79 Å². The first-order valence-electron chi connectivity index (χ1n) is 5.93. The molecule has 0 bridgehead atoms. The third-order valence-corrected chi connectivity index (χ3v) is 3.96. The molecule has 2 rings (SSSR count). The molecule has 1 aromatic rings. The number of nitrogens with one attached hydrogen (secondary N) is 2. The molecule has 1 atom stereocenters. The van der Waals surface area contributed by atoms with Crippen LogP contribution in [0.15, 0.2) is 22.7 Å². The number of carbonyl (C=O) groups excluding carboxylic acids is 2. The van der Waals surface area contributed by atoms with Gasteiger partial charge in [0.25, 0.3) is 5.91 Å². The van der Waals surface area contributed by atoms with Gasteiger partial charge in [-0.15, -0.1) is 0 Å². The number of benzene rings is 1. The van der Waals surface area contributed by atoms with E-state index in [2.05, 4.69) is 26.6 Å². The van der Waals surface area contributed by atoms with Gasteiger partial charge in [-0.2, -0.15) is 0 Å². The predicted molar refractivity (Wildman–Crippen MR) is 72.4 cm³/mol. The third-order valence-electron chi connectivity index (χ3n) is 3.10. The summed E-state index contributed by atoms with van der Waals surface area (Å²) in [6, 6.07) is 5.05. The lowest BCUT2D eigenvalue weighted by atomic mass is 10.0. The van der Waals surface area contributed by atoms with E-state index in [9.17, 15) is 9.59 Å². The maximum absolute atomic E-state index is 12.1. The number of piperidine rings is 1. The Balaban J connectivity index is 2.12. The second-order valence-electron chi connectivity index (χ2n) is 4.37. The van der Waals surface area contributed by atoms with Gasteiger partial charge in [-0.05, 0) is 37.5 Å². The molecule has 0 aliphatic carbocycles. The number of hydrogen-bond donors (Lipinski definition) is 2. The second kappa shape index (κ2) is 5.52. The first-order valence-corrected chi connectivity index (χ1v) is 6.72. The molecular weight excluding hydrogens is 296 g/mol. The van der Waals surface area contributed by atoms with Crippen molar-refractivity contribution in [3.05, 3.63) is 33.8 Å². The van der Waals surface area contributed by atoms with Crippen molar-refractivity contribution >= 4 is 27.7 Å². The molecular formula is C13H15BrN2O2. The standard InChI is InChI=1S/C13H15BrN2O2/c1-8-9(4-2-5-10(8)14)12(17)16-11-6-3-7-15-13(11)18/h2,4-5,11H,3,6-7H2,1H3,(H,15,18)(H,16,17). The maximum atomic E-state index is 12.1. The highest BCUT2D eigenvalue weighted by molar-refractivity contribution is 9.10. The van der Waals surface area contributed by atoms with E-state index in [0.717, 1.165) is 16.5 Å². The van der Waals surface area contributed by atoms with Crippen molar-refractivity contribution in [3.8, 4) is 0 Å². The van der Waals surface area contributed by atoms with E-state index in [-0.39, 0.29) is 11.8 Å². The highest BCUT2D eigenvalue weighted by Crippen LogP contribution is 2.19. The molecule has 18 heavy (non-hydrogen) atoms. The second-order valence-corrected chi connectivity index (χ2v) is 5.23. The van der Waals surface area contributed by atoms with Crippen molar-refractivity contribution in [2.24, 2.45) is 0 Å². The minimum absolute atomic E-state index is 0.0951. The fraction of sp³-hybridized carbons (Fsp3) is 0.385. The van der Waals surface area contributed by atoms with Crippen molar-refractivity contribution in [2.75, 3.05) is 6.54 Å². The lowest BCUT2D eigenvalue weighted by Crippen LogP contribution is -2.50. The molecule has 0 saturated carbocycles. The number of carbonyl (C=O) groups is 2. The molecule has 1 aliphatic rings. The number of rotatable bonds is 2. The summed E-state index contributed by atoms with van der Waals surface area (Å²) in [5.74, 6) is -0.293. The minimum Gasteiger partial charge on any atom is -0.354 e. The summed E-state index contributed by atoms with van der Waals surface area (Å²) in [7, 11) is 0. The quantitative estimate of drug-likeness (QED) is 0.874. The Morgan fingerprint density at radius 2 is 2.28 bits per heavy atom. The average Bonchev–Trinajstić information content (AvgIpc) is 2.35. The van der Waals surface area contributed by atoms with Crippen LogP contribution in [0.25, 0.3) is 0 Å². The summed E-state index contributed by atoms with van der Waals surface area (Å²) in [6.45, 7) is 2.57. The number of amides is 2. The van der Waals surface area contributed by atoms with Gasteiger partial charge in [0.05, 0.1) is 0 Å². The van der Waals surface area contributed by atoms with Gasteiger partial charge in [0.15, 0.2) is 0 Å². The largest absolute Gasteiger partial charge is 0.354 e. The van der Waals surface area contributed by atoms with Crippen molar-refractivity contribution in [3.63, 3.8) is 0 Å². The van der Waals surface area contributed by atoms with Crippen LogP contribution in [0.5, 0.6) is 0 Å². The van der Waals surface area contributed by atoms with Crippen molar-refractivity contribution in [1.82, 2.24) is 10.6 Å². The highest BCUT2D eigenvalue weighted by Gasteiger charge is 2.24. The zero-order chi connectivity index (χ0) is 13.1. The van der Waals surface area contributed by atoms with Crippen LogP contribution >= 0.6 is 15.9 Å².